The van der Waals surface area contributed by atoms with E-state index in [0.717, 1.165) is 28.7 Å². The third-order valence-corrected chi connectivity index (χ3v) is 2.85. The standard InChI is InChI=1S/C15H16O/c1-11(2)15-13(9-6-10-14(15)16)12-7-4-3-5-8-12/h3-5,7-9H,6,10H2,1-2H3. The molecule has 0 aliphatic heterocycles. The van der Waals surface area contributed by atoms with Gasteiger partial charge in [0.05, 0.1) is 0 Å². The van der Waals surface area contributed by atoms with Crippen LogP contribution in [0, 0.1) is 0 Å². The number of hydrogen-bond acceptors (Lipinski definition) is 1. The van der Waals surface area contributed by atoms with Gasteiger partial charge in [0.25, 0.3) is 0 Å². The molecule has 0 radical (unpaired) electrons. The molecule has 0 saturated carbocycles. The zero-order valence-electron chi connectivity index (χ0n) is 9.79. The van der Waals surface area contributed by atoms with E-state index >= 15 is 0 Å². The van der Waals surface area contributed by atoms with Crippen molar-refractivity contribution in [3.05, 3.63) is 53.1 Å². The SMILES string of the molecule is CC(C)=C1C(=O)CCC=C1c1ccccc1. The van der Waals surface area contributed by atoms with Gasteiger partial charge in [0.2, 0.25) is 0 Å². The molecule has 0 aromatic heterocycles. The van der Waals surface area contributed by atoms with Gasteiger partial charge in [-0.3, -0.25) is 4.79 Å². The molecule has 2 rings (SSSR count). The smallest absolute Gasteiger partial charge is 0.163 e. The Balaban J connectivity index is 2.52. The second-order valence-corrected chi connectivity index (χ2v) is 4.32. The Bertz CT molecular complexity index is 459. The van der Waals surface area contributed by atoms with Gasteiger partial charge in [-0.1, -0.05) is 42.0 Å². The molecule has 1 aliphatic carbocycles. The number of Topliss-reactive ketones (excluding diaryl/α,β-unsaturated/α-hetero) is 1. The third-order valence-electron chi connectivity index (χ3n) is 2.85. The Labute approximate surface area is 96.5 Å². The van der Waals surface area contributed by atoms with Crippen LogP contribution in [0.5, 0.6) is 0 Å². The highest BCUT2D eigenvalue weighted by Gasteiger charge is 2.20. The van der Waals surface area contributed by atoms with Crippen LogP contribution in [0.2, 0.25) is 0 Å². The quantitative estimate of drug-likeness (QED) is 0.648. The van der Waals surface area contributed by atoms with Gasteiger partial charge in [-0.15, -0.1) is 0 Å². The molecule has 0 amide bonds. The summed E-state index contributed by atoms with van der Waals surface area (Å²) in [4.78, 5) is 11.9. The van der Waals surface area contributed by atoms with Crippen LogP contribution in [-0.2, 0) is 4.79 Å². The van der Waals surface area contributed by atoms with Crippen molar-refractivity contribution < 1.29 is 4.79 Å². The molecule has 1 aromatic carbocycles. The first-order valence-corrected chi connectivity index (χ1v) is 5.67. The Kier molecular flexibility index (Phi) is 3.04. The van der Waals surface area contributed by atoms with E-state index in [9.17, 15) is 4.79 Å². The highest BCUT2D eigenvalue weighted by molar-refractivity contribution is 6.12. The number of allylic oxidation sites excluding steroid dienone is 4. The first kappa shape index (κ1) is 10.9. The lowest BCUT2D eigenvalue weighted by molar-refractivity contribution is -0.115. The monoisotopic (exact) mass is 212 g/mol. The van der Waals surface area contributed by atoms with Crippen molar-refractivity contribution in [2.75, 3.05) is 0 Å². The van der Waals surface area contributed by atoms with Crippen molar-refractivity contribution in [1.82, 2.24) is 0 Å². The maximum atomic E-state index is 11.9. The largest absolute Gasteiger partial charge is 0.294 e. The van der Waals surface area contributed by atoms with Crippen molar-refractivity contribution in [3.63, 3.8) is 0 Å². The summed E-state index contributed by atoms with van der Waals surface area (Å²) in [5.74, 6) is 0.279. The van der Waals surface area contributed by atoms with Crippen LogP contribution >= 0.6 is 0 Å². The van der Waals surface area contributed by atoms with E-state index in [1.54, 1.807) is 0 Å². The summed E-state index contributed by atoms with van der Waals surface area (Å²) in [6, 6.07) is 10.1. The normalized spacial score (nSPS) is 16.0. The molecule has 1 heteroatoms. The Morgan fingerprint density at radius 2 is 1.81 bits per heavy atom. The van der Waals surface area contributed by atoms with Gasteiger partial charge in [-0.2, -0.15) is 0 Å². The fourth-order valence-corrected chi connectivity index (χ4v) is 2.15. The van der Waals surface area contributed by atoms with Gasteiger partial charge in [0.1, 0.15) is 0 Å². The molecule has 0 unspecified atom stereocenters. The fourth-order valence-electron chi connectivity index (χ4n) is 2.15. The summed E-state index contributed by atoms with van der Waals surface area (Å²) in [6.07, 6.45) is 3.69. The molecule has 82 valence electrons. The summed E-state index contributed by atoms with van der Waals surface area (Å²) in [7, 11) is 0. The first-order chi connectivity index (χ1) is 7.70. The molecule has 16 heavy (non-hydrogen) atoms. The van der Waals surface area contributed by atoms with Gasteiger partial charge in [0.15, 0.2) is 5.78 Å². The van der Waals surface area contributed by atoms with Crippen molar-refractivity contribution in [2.24, 2.45) is 0 Å². The van der Waals surface area contributed by atoms with Crippen LogP contribution in [0.25, 0.3) is 5.57 Å². The second-order valence-electron chi connectivity index (χ2n) is 4.32. The molecule has 0 N–H and O–H groups in total. The first-order valence-electron chi connectivity index (χ1n) is 5.67. The Morgan fingerprint density at radius 3 is 2.44 bits per heavy atom. The molecule has 1 aromatic rings. The summed E-state index contributed by atoms with van der Waals surface area (Å²) in [6.45, 7) is 4.02. The topological polar surface area (TPSA) is 17.1 Å². The van der Waals surface area contributed by atoms with Gasteiger partial charge >= 0.3 is 0 Å². The average molecular weight is 212 g/mol. The predicted molar refractivity (Wildman–Crippen MR) is 67.0 cm³/mol. The van der Waals surface area contributed by atoms with Crippen molar-refractivity contribution in [2.45, 2.75) is 26.7 Å². The van der Waals surface area contributed by atoms with Crippen molar-refractivity contribution in [1.29, 1.82) is 0 Å². The zero-order valence-corrected chi connectivity index (χ0v) is 9.79. The van der Waals surface area contributed by atoms with Crippen LogP contribution in [0.3, 0.4) is 0 Å². The van der Waals surface area contributed by atoms with Gasteiger partial charge in [-0.25, -0.2) is 0 Å². The summed E-state index contributed by atoms with van der Waals surface area (Å²) < 4.78 is 0. The molecular weight excluding hydrogens is 196 g/mol. The van der Waals surface area contributed by atoms with Crippen LogP contribution in [0.4, 0.5) is 0 Å². The van der Waals surface area contributed by atoms with Crippen LogP contribution in [0.15, 0.2) is 47.6 Å². The van der Waals surface area contributed by atoms with E-state index in [1.165, 1.54) is 0 Å². The number of rotatable bonds is 1. The van der Waals surface area contributed by atoms with Crippen LogP contribution in [0.1, 0.15) is 32.3 Å². The zero-order chi connectivity index (χ0) is 11.5. The second kappa shape index (κ2) is 4.48. The molecule has 1 nitrogen and oxygen atoms in total. The molecule has 0 fully saturated rings. The van der Waals surface area contributed by atoms with E-state index in [1.807, 2.05) is 32.0 Å². The summed E-state index contributed by atoms with van der Waals surface area (Å²) in [5, 5.41) is 0. The molecule has 0 saturated heterocycles. The minimum atomic E-state index is 0.279. The number of benzene rings is 1. The molecule has 0 spiro atoms. The Hall–Kier alpha value is -1.63. The lowest BCUT2D eigenvalue weighted by Gasteiger charge is -2.18. The number of carbonyl (C=O) groups is 1. The summed E-state index contributed by atoms with van der Waals surface area (Å²) in [5.41, 5.74) is 4.28. The van der Waals surface area contributed by atoms with Crippen LogP contribution < -0.4 is 0 Å². The summed E-state index contributed by atoms with van der Waals surface area (Å²) >= 11 is 0. The van der Waals surface area contributed by atoms with E-state index in [2.05, 4.69) is 18.2 Å². The van der Waals surface area contributed by atoms with Gasteiger partial charge in [-0.05, 0) is 31.4 Å². The highest BCUT2D eigenvalue weighted by atomic mass is 16.1. The lowest BCUT2D eigenvalue weighted by Crippen LogP contribution is -2.10. The van der Waals surface area contributed by atoms with Gasteiger partial charge < -0.3 is 0 Å². The van der Waals surface area contributed by atoms with E-state index in [-0.39, 0.29) is 5.78 Å². The van der Waals surface area contributed by atoms with E-state index in [0.29, 0.717) is 6.42 Å². The minimum Gasteiger partial charge on any atom is -0.294 e. The number of carbonyl (C=O) groups excluding carboxylic acids is 1. The number of ketones is 1. The predicted octanol–water partition coefficient (Wildman–Crippen LogP) is 3.77. The van der Waals surface area contributed by atoms with E-state index < -0.39 is 0 Å². The third kappa shape index (κ3) is 1.99. The molecule has 1 aliphatic rings. The van der Waals surface area contributed by atoms with Crippen molar-refractivity contribution >= 4 is 11.4 Å². The molecule has 0 atom stereocenters. The van der Waals surface area contributed by atoms with Crippen molar-refractivity contribution in [3.8, 4) is 0 Å². The highest BCUT2D eigenvalue weighted by Crippen LogP contribution is 2.31. The maximum absolute atomic E-state index is 11.9. The molecule has 0 heterocycles. The number of hydrogen-bond donors (Lipinski definition) is 0. The fraction of sp³-hybridized carbons (Fsp3) is 0.267. The van der Waals surface area contributed by atoms with E-state index in [4.69, 9.17) is 0 Å². The van der Waals surface area contributed by atoms with Gasteiger partial charge in [0, 0.05) is 12.0 Å². The lowest BCUT2D eigenvalue weighted by atomic mass is 9.85. The Morgan fingerprint density at radius 1 is 1.12 bits per heavy atom. The van der Waals surface area contributed by atoms with Crippen LogP contribution in [-0.4, -0.2) is 5.78 Å². The molecular formula is C15H16O. The average Bonchev–Trinajstić information content (AvgIpc) is 2.29. The molecule has 0 bridgehead atoms. The minimum absolute atomic E-state index is 0.279. The maximum Gasteiger partial charge on any atom is 0.163 e.